The molecule has 2 heterocycles. The zero-order valence-electron chi connectivity index (χ0n) is 16.3. The number of methoxy groups -OCH3 is 2. The maximum absolute atomic E-state index is 13.6. The Bertz CT molecular complexity index is 1270. The van der Waals surface area contributed by atoms with E-state index in [9.17, 15) is 8.42 Å². The van der Waals surface area contributed by atoms with E-state index in [1.54, 1.807) is 73.5 Å². The molecule has 0 radical (unpaired) electrons. The van der Waals surface area contributed by atoms with Crippen LogP contribution in [0.1, 0.15) is 5.56 Å². The first-order valence-corrected chi connectivity index (χ1v) is 11.3. The van der Waals surface area contributed by atoms with Crippen molar-refractivity contribution in [3.63, 3.8) is 0 Å². The molecule has 2 aromatic carbocycles. The van der Waals surface area contributed by atoms with E-state index in [2.05, 4.69) is 9.97 Å². The van der Waals surface area contributed by atoms with Crippen LogP contribution in [-0.2, 0) is 16.6 Å². The zero-order chi connectivity index (χ0) is 21.1. The van der Waals surface area contributed by atoms with Crippen LogP contribution in [0.2, 0.25) is 0 Å². The lowest BCUT2D eigenvalue weighted by Crippen LogP contribution is -2.30. The normalized spacial score (nSPS) is 11.4. The van der Waals surface area contributed by atoms with E-state index in [1.165, 1.54) is 22.8 Å². The fourth-order valence-corrected chi connectivity index (χ4v) is 5.38. The van der Waals surface area contributed by atoms with Gasteiger partial charge in [0.2, 0.25) is 0 Å². The number of pyridine rings is 1. The molecule has 154 valence electrons. The molecule has 0 aliphatic carbocycles. The van der Waals surface area contributed by atoms with Gasteiger partial charge in [0.15, 0.2) is 5.13 Å². The molecule has 0 saturated heterocycles. The predicted molar refractivity (Wildman–Crippen MR) is 117 cm³/mol. The molecule has 7 nitrogen and oxygen atoms in total. The van der Waals surface area contributed by atoms with Gasteiger partial charge in [-0.25, -0.2) is 17.7 Å². The Morgan fingerprint density at radius 3 is 2.60 bits per heavy atom. The number of sulfonamides is 1. The number of hydrogen-bond acceptors (Lipinski definition) is 7. The molecule has 0 amide bonds. The fourth-order valence-electron chi connectivity index (χ4n) is 3.08. The molecule has 0 fully saturated rings. The number of nitrogens with zero attached hydrogens (tertiary/aromatic N) is 3. The van der Waals surface area contributed by atoms with Crippen molar-refractivity contribution in [2.24, 2.45) is 0 Å². The highest BCUT2D eigenvalue weighted by Gasteiger charge is 2.28. The van der Waals surface area contributed by atoms with Crippen molar-refractivity contribution in [2.45, 2.75) is 11.4 Å². The summed E-state index contributed by atoms with van der Waals surface area (Å²) in [4.78, 5) is 8.51. The SMILES string of the molecule is COc1ccc(CN(c2nccs2)S(=O)(=O)c2ccc3cnccc3c2)c(OC)c1. The molecule has 4 aromatic rings. The second-order valence-electron chi connectivity index (χ2n) is 6.39. The first kappa shape index (κ1) is 20.1. The van der Waals surface area contributed by atoms with Gasteiger partial charge in [0.05, 0.1) is 25.7 Å². The number of anilines is 1. The summed E-state index contributed by atoms with van der Waals surface area (Å²) in [5, 5.41) is 3.79. The van der Waals surface area contributed by atoms with Crippen molar-refractivity contribution in [2.75, 3.05) is 18.5 Å². The summed E-state index contributed by atoms with van der Waals surface area (Å²) in [7, 11) is -0.775. The average Bonchev–Trinajstić information content (AvgIpc) is 3.31. The van der Waals surface area contributed by atoms with Gasteiger partial charge in [0.1, 0.15) is 11.5 Å². The largest absolute Gasteiger partial charge is 0.497 e. The third kappa shape index (κ3) is 3.81. The minimum Gasteiger partial charge on any atom is -0.497 e. The Kier molecular flexibility index (Phi) is 5.56. The number of ether oxygens (including phenoxy) is 2. The molecule has 0 bridgehead atoms. The van der Waals surface area contributed by atoms with Crippen molar-refractivity contribution in [3.8, 4) is 11.5 Å². The van der Waals surface area contributed by atoms with Crippen LogP contribution in [0.4, 0.5) is 5.13 Å². The highest BCUT2D eigenvalue weighted by molar-refractivity contribution is 7.93. The lowest BCUT2D eigenvalue weighted by Gasteiger charge is -2.23. The molecule has 0 N–H and O–H groups in total. The summed E-state index contributed by atoms with van der Waals surface area (Å²) >= 11 is 1.26. The molecule has 2 aromatic heterocycles. The van der Waals surface area contributed by atoms with Crippen molar-refractivity contribution in [1.29, 1.82) is 0 Å². The van der Waals surface area contributed by atoms with Crippen molar-refractivity contribution >= 4 is 37.3 Å². The van der Waals surface area contributed by atoms with Crippen LogP contribution < -0.4 is 13.8 Å². The quantitative estimate of drug-likeness (QED) is 0.429. The molecule has 0 atom stereocenters. The van der Waals surface area contributed by atoms with Crippen LogP contribution in [0.3, 0.4) is 0 Å². The van der Waals surface area contributed by atoms with E-state index in [1.807, 2.05) is 0 Å². The minimum absolute atomic E-state index is 0.0669. The Morgan fingerprint density at radius 1 is 1.00 bits per heavy atom. The second-order valence-corrected chi connectivity index (χ2v) is 9.12. The van der Waals surface area contributed by atoms with Gasteiger partial charge in [-0.05, 0) is 35.7 Å². The summed E-state index contributed by atoms with van der Waals surface area (Å²) in [6, 6.07) is 12.1. The molecule has 0 saturated carbocycles. The number of hydrogen-bond donors (Lipinski definition) is 0. The zero-order valence-corrected chi connectivity index (χ0v) is 18.0. The third-order valence-electron chi connectivity index (χ3n) is 4.64. The summed E-state index contributed by atoms with van der Waals surface area (Å²) in [5.74, 6) is 1.16. The van der Waals surface area contributed by atoms with Crippen molar-refractivity contribution in [3.05, 3.63) is 72.0 Å². The molecule has 0 aliphatic heterocycles. The van der Waals surface area contributed by atoms with Crippen molar-refractivity contribution < 1.29 is 17.9 Å². The third-order valence-corrected chi connectivity index (χ3v) is 7.28. The number of thiazole rings is 1. The second kappa shape index (κ2) is 8.29. The Morgan fingerprint density at radius 2 is 1.87 bits per heavy atom. The van der Waals surface area contributed by atoms with E-state index < -0.39 is 10.0 Å². The highest BCUT2D eigenvalue weighted by atomic mass is 32.2. The molecule has 0 spiro atoms. The Hall–Kier alpha value is -3.17. The highest BCUT2D eigenvalue weighted by Crippen LogP contribution is 2.32. The van der Waals surface area contributed by atoms with Crippen LogP contribution >= 0.6 is 11.3 Å². The standard InChI is InChI=1S/C21H19N3O4S2/c1-27-18-5-3-17(20(12-18)28-2)14-24(21-23-9-10-29-21)30(25,26)19-6-4-16-13-22-8-7-15(16)11-19/h3-13H,14H2,1-2H3. The predicted octanol–water partition coefficient (Wildman–Crippen LogP) is 4.10. The van der Waals surface area contributed by atoms with Gasteiger partial charge < -0.3 is 9.47 Å². The number of benzene rings is 2. The molecule has 4 rings (SSSR count). The van der Waals surface area contributed by atoms with Gasteiger partial charge in [0.25, 0.3) is 10.0 Å². The number of fused-ring (bicyclic) bond motifs is 1. The van der Waals surface area contributed by atoms with Crippen LogP contribution in [0.5, 0.6) is 11.5 Å². The molecule has 9 heteroatoms. The van der Waals surface area contributed by atoms with E-state index in [0.717, 1.165) is 10.8 Å². The topological polar surface area (TPSA) is 81.6 Å². The summed E-state index contributed by atoms with van der Waals surface area (Å²) in [5.41, 5.74) is 0.696. The van der Waals surface area contributed by atoms with Crippen LogP contribution in [-0.4, -0.2) is 32.6 Å². The average molecular weight is 442 g/mol. The van der Waals surface area contributed by atoms with Crippen LogP contribution in [0.25, 0.3) is 10.8 Å². The van der Waals surface area contributed by atoms with E-state index >= 15 is 0 Å². The molecule has 0 aliphatic rings. The fraction of sp³-hybridized carbons (Fsp3) is 0.143. The number of aromatic nitrogens is 2. The maximum atomic E-state index is 13.6. The van der Waals surface area contributed by atoms with Gasteiger partial charge in [-0.15, -0.1) is 11.3 Å². The monoisotopic (exact) mass is 441 g/mol. The minimum atomic E-state index is -3.88. The van der Waals surface area contributed by atoms with Gasteiger partial charge in [-0.3, -0.25) is 4.98 Å². The van der Waals surface area contributed by atoms with Crippen LogP contribution in [0, 0.1) is 0 Å². The smallest absolute Gasteiger partial charge is 0.266 e. The molecule has 30 heavy (non-hydrogen) atoms. The lowest BCUT2D eigenvalue weighted by atomic mass is 10.2. The van der Waals surface area contributed by atoms with Crippen molar-refractivity contribution in [1.82, 2.24) is 9.97 Å². The summed E-state index contributed by atoms with van der Waals surface area (Å²) in [6.45, 7) is 0.0669. The summed E-state index contributed by atoms with van der Waals surface area (Å²) in [6.07, 6.45) is 4.92. The van der Waals surface area contributed by atoms with E-state index in [0.29, 0.717) is 22.2 Å². The molecular formula is C21H19N3O4S2. The van der Waals surface area contributed by atoms with Crippen LogP contribution in [0.15, 0.2) is 71.3 Å². The van der Waals surface area contributed by atoms with Gasteiger partial charge in [-0.1, -0.05) is 6.07 Å². The van der Waals surface area contributed by atoms with Gasteiger partial charge in [-0.2, -0.15) is 0 Å². The maximum Gasteiger partial charge on any atom is 0.266 e. The Balaban J connectivity index is 1.79. The first-order valence-electron chi connectivity index (χ1n) is 9.00. The van der Waals surface area contributed by atoms with Gasteiger partial charge in [0, 0.05) is 41.0 Å². The molecular weight excluding hydrogens is 422 g/mol. The summed E-state index contributed by atoms with van der Waals surface area (Å²) < 4.78 is 39.2. The van der Waals surface area contributed by atoms with Gasteiger partial charge >= 0.3 is 0 Å². The molecule has 0 unspecified atom stereocenters. The van der Waals surface area contributed by atoms with E-state index in [4.69, 9.17) is 9.47 Å². The van der Waals surface area contributed by atoms with E-state index in [-0.39, 0.29) is 11.4 Å². The number of rotatable bonds is 7. The lowest BCUT2D eigenvalue weighted by molar-refractivity contribution is 0.391. The Labute approximate surface area is 178 Å². The first-order chi connectivity index (χ1) is 14.5.